The van der Waals surface area contributed by atoms with Crippen LogP contribution in [0.25, 0.3) is 0 Å². The van der Waals surface area contributed by atoms with Crippen molar-refractivity contribution in [3.8, 4) is 0 Å². The van der Waals surface area contributed by atoms with E-state index in [4.69, 9.17) is 0 Å². The Kier molecular flexibility index (Phi) is 3.51. The molecule has 0 aromatic heterocycles. The summed E-state index contributed by atoms with van der Waals surface area (Å²) < 4.78 is 24.7. The zero-order valence-electron chi connectivity index (χ0n) is 10.7. The minimum absolute atomic E-state index is 0.215. The predicted octanol–water partition coefficient (Wildman–Crippen LogP) is 2.75. The van der Waals surface area contributed by atoms with E-state index in [2.05, 4.69) is 15.9 Å². The molecule has 0 amide bonds. The maximum absolute atomic E-state index is 12.1. The summed E-state index contributed by atoms with van der Waals surface area (Å²) in [4.78, 5) is 11.5. The summed E-state index contributed by atoms with van der Waals surface area (Å²) in [6.45, 7) is 3.24. The summed E-state index contributed by atoms with van der Waals surface area (Å²) in [7, 11) is -3.36. The van der Waals surface area contributed by atoms with Crippen molar-refractivity contribution in [1.29, 1.82) is 0 Å². The third-order valence-corrected chi connectivity index (χ3v) is 6.70. The third-order valence-electron chi connectivity index (χ3n) is 3.57. The van der Waals surface area contributed by atoms with Crippen LogP contribution in [0.4, 0.5) is 0 Å². The maximum Gasteiger partial charge on any atom is 0.314 e. The van der Waals surface area contributed by atoms with Crippen molar-refractivity contribution in [3.05, 3.63) is 28.2 Å². The summed E-state index contributed by atoms with van der Waals surface area (Å²) in [6, 6.07) is 4.73. The molecule has 2 rings (SSSR count). The Morgan fingerprint density at radius 3 is 2.32 bits per heavy atom. The molecule has 0 spiro atoms. The molecular weight excluding hydrogens is 332 g/mol. The molecule has 0 unspecified atom stereocenters. The van der Waals surface area contributed by atoms with Crippen LogP contribution in [0.1, 0.15) is 32.3 Å². The molecule has 0 radical (unpaired) electrons. The number of carboxylic acids is 1. The number of carbonyl (C=O) groups is 1. The van der Waals surface area contributed by atoms with Crippen molar-refractivity contribution in [1.82, 2.24) is 0 Å². The minimum atomic E-state index is -3.36. The predicted molar refractivity (Wildman–Crippen MR) is 75.0 cm³/mol. The topological polar surface area (TPSA) is 71.4 Å². The molecule has 1 aliphatic carbocycles. The Morgan fingerprint density at radius 2 is 1.95 bits per heavy atom. The molecule has 1 saturated carbocycles. The molecule has 1 aliphatic rings. The maximum atomic E-state index is 12.1. The van der Waals surface area contributed by atoms with Crippen molar-refractivity contribution in [2.45, 2.75) is 42.2 Å². The van der Waals surface area contributed by atoms with Gasteiger partial charge in [0.05, 0.1) is 15.6 Å². The van der Waals surface area contributed by atoms with Crippen LogP contribution in [0.15, 0.2) is 27.6 Å². The first-order valence-corrected chi connectivity index (χ1v) is 8.33. The van der Waals surface area contributed by atoms with Gasteiger partial charge in [-0.05, 0) is 60.3 Å². The summed E-state index contributed by atoms with van der Waals surface area (Å²) in [5.74, 6) is -0.848. The molecular formula is C13H15BrO4S. The van der Waals surface area contributed by atoms with Gasteiger partial charge < -0.3 is 5.11 Å². The summed E-state index contributed by atoms with van der Waals surface area (Å²) in [5.41, 5.74) is -0.155. The molecule has 104 valence electrons. The fourth-order valence-electron chi connectivity index (χ4n) is 2.03. The second-order valence-corrected chi connectivity index (χ2v) is 8.45. The van der Waals surface area contributed by atoms with Crippen molar-refractivity contribution in [2.24, 2.45) is 0 Å². The van der Waals surface area contributed by atoms with Crippen LogP contribution in [0.3, 0.4) is 0 Å². The second-order valence-electron chi connectivity index (χ2n) is 5.13. The lowest BCUT2D eigenvalue weighted by Crippen LogP contribution is -2.20. The van der Waals surface area contributed by atoms with E-state index in [1.165, 1.54) is 6.07 Å². The lowest BCUT2D eigenvalue weighted by molar-refractivity contribution is -0.140. The standard InChI is InChI=1S/C13H15BrO4S/c1-8(2)19(17,18)11-4-3-9(7-10(11)14)13(5-6-13)12(15)16/h3-4,7-8H,5-6H2,1-2H3,(H,15,16). The van der Waals surface area contributed by atoms with Crippen LogP contribution < -0.4 is 0 Å². The van der Waals surface area contributed by atoms with Gasteiger partial charge in [0.25, 0.3) is 0 Å². The highest BCUT2D eigenvalue weighted by Crippen LogP contribution is 2.49. The van der Waals surface area contributed by atoms with Crippen LogP contribution in [-0.4, -0.2) is 24.7 Å². The van der Waals surface area contributed by atoms with Gasteiger partial charge in [-0.3, -0.25) is 4.79 Å². The molecule has 0 atom stereocenters. The summed E-state index contributed by atoms with van der Waals surface area (Å²) >= 11 is 3.25. The van der Waals surface area contributed by atoms with Crippen molar-refractivity contribution in [2.75, 3.05) is 0 Å². The fourth-order valence-corrected chi connectivity index (χ4v) is 4.19. The summed E-state index contributed by atoms with van der Waals surface area (Å²) in [5, 5.41) is 8.72. The molecule has 0 heterocycles. The fraction of sp³-hybridized carbons (Fsp3) is 0.462. The molecule has 6 heteroatoms. The van der Waals surface area contributed by atoms with E-state index in [0.29, 0.717) is 22.9 Å². The van der Waals surface area contributed by atoms with Gasteiger partial charge in [0.15, 0.2) is 9.84 Å². The number of benzene rings is 1. The highest BCUT2D eigenvalue weighted by atomic mass is 79.9. The minimum Gasteiger partial charge on any atom is -0.481 e. The van der Waals surface area contributed by atoms with E-state index in [9.17, 15) is 18.3 Å². The number of hydrogen-bond donors (Lipinski definition) is 1. The van der Waals surface area contributed by atoms with E-state index in [1.807, 2.05) is 0 Å². The van der Waals surface area contributed by atoms with E-state index >= 15 is 0 Å². The molecule has 0 aliphatic heterocycles. The SMILES string of the molecule is CC(C)S(=O)(=O)c1ccc(C2(C(=O)O)CC2)cc1Br. The van der Waals surface area contributed by atoms with Gasteiger partial charge in [-0.2, -0.15) is 0 Å². The quantitative estimate of drug-likeness (QED) is 0.909. The normalized spacial score (nSPS) is 17.5. The lowest BCUT2D eigenvalue weighted by atomic mass is 9.96. The first-order chi connectivity index (χ1) is 8.71. The van der Waals surface area contributed by atoms with Crippen molar-refractivity contribution in [3.63, 3.8) is 0 Å². The van der Waals surface area contributed by atoms with Gasteiger partial charge >= 0.3 is 5.97 Å². The van der Waals surface area contributed by atoms with Crippen LogP contribution in [0.2, 0.25) is 0 Å². The molecule has 1 aromatic carbocycles. The van der Waals surface area contributed by atoms with Crippen LogP contribution in [0.5, 0.6) is 0 Å². The van der Waals surface area contributed by atoms with Gasteiger partial charge in [-0.1, -0.05) is 6.07 Å². The monoisotopic (exact) mass is 346 g/mol. The van der Waals surface area contributed by atoms with E-state index in [-0.39, 0.29) is 4.90 Å². The van der Waals surface area contributed by atoms with Crippen LogP contribution in [-0.2, 0) is 20.0 Å². The molecule has 4 nitrogen and oxygen atoms in total. The van der Waals surface area contributed by atoms with Crippen molar-refractivity contribution < 1.29 is 18.3 Å². The van der Waals surface area contributed by atoms with Crippen LogP contribution >= 0.6 is 15.9 Å². The molecule has 0 bridgehead atoms. The van der Waals surface area contributed by atoms with Gasteiger partial charge in [0.2, 0.25) is 0 Å². The van der Waals surface area contributed by atoms with E-state index in [0.717, 1.165) is 0 Å². The Morgan fingerprint density at radius 1 is 1.37 bits per heavy atom. The first kappa shape index (κ1) is 14.5. The average molecular weight is 347 g/mol. The first-order valence-electron chi connectivity index (χ1n) is 5.99. The number of aliphatic carboxylic acids is 1. The Balaban J connectivity index is 2.48. The van der Waals surface area contributed by atoms with E-state index < -0.39 is 26.5 Å². The Bertz CT molecular complexity index is 630. The Labute approximate surface area is 120 Å². The highest BCUT2D eigenvalue weighted by Gasteiger charge is 2.51. The number of carboxylic acid groups (broad SMARTS) is 1. The third kappa shape index (κ3) is 2.31. The Hall–Kier alpha value is -0.880. The average Bonchev–Trinajstić information content (AvgIpc) is 3.09. The summed E-state index contributed by atoms with van der Waals surface area (Å²) in [6.07, 6.45) is 1.20. The van der Waals surface area contributed by atoms with Crippen LogP contribution in [0, 0.1) is 0 Å². The van der Waals surface area contributed by atoms with Crippen molar-refractivity contribution >= 4 is 31.7 Å². The number of rotatable bonds is 4. The second kappa shape index (κ2) is 4.59. The number of halogens is 1. The number of sulfone groups is 1. The number of hydrogen-bond acceptors (Lipinski definition) is 3. The molecule has 0 saturated heterocycles. The zero-order chi connectivity index (χ0) is 14.4. The molecule has 1 fully saturated rings. The van der Waals surface area contributed by atoms with Gasteiger partial charge in [0, 0.05) is 4.47 Å². The van der Waals surface area contributed by atoms with Gasteiger partial charge in [-0.15, -0.1) is 0 Å². The highest BCUT2D eigenvalue weighted by molar-refractivity contribution is 9.10. The molecule has 19 heavy (non-hydrogen) atoms. The smallest absolute Gasteiger partial charge is 0.314 e. The van der Waals surface area contributed by atoms with Gasteiger partial charge in [0.1, 0.15) is 0 Å². The molecule has 1 aromatic rings. The van der Waals surface area contributed by atoms with Gasteiger partial charge in [-0.25, -0.2) is 8.42 Å². The lowest BCUT2D eigenvalue weighted by Gasteiger charge is -2.14. The van der Waals surface area contributed by atoms with E-state index in [1.54, 1.807) is 26.0 Å². The molecule has 1 N–H and O–H groups in total. The largest absolute Gasteiger partial charge is 0.481 e. The zero-order valence-corrected chi connectivity index (χ0v) is 13.1.